The van der Waals surface area contributed by atoms with Gasteiger partial charge in [0.05, 0.1) is 5.52 Å². The predicted octanol–water partition coefficient (Wildman–Crippen LogP) is 3.29. The zero-order valence-corrected chi connectivity index (χ0v) is 15.1. The van der Waals surface area contributed by atoms with Crippen molar-refractivity contribution in [3.05, 3.63) is 72.6 Å². The number of aliphatic hydroxyl groups excluding tert-OH is 1. The van der Waals surface area contributed by atoms with Crippen molar-refractivity contribution in [1.82, 2.24) is 15.3 Å². The summed E-state index contributed by atoms with van der Waals surface area (Å²) in [6.45, 7) is 1.49. The van der Waals surface area contributed by atoms with Crippen molar-refractivity contribution in [2.45, 2.75) is 12.5 Å². The first-order valence-corrected chi connectivity index (χ1v) is 9.22. The van der Waals surface area contributed by atoms with E-state index in [0.717, 1.165) is 40.8 Å². The third-order valence-corrected chi connectivity index (χ3v) is 4.60. The molecule has 138 valence electrons. The van der Waals surface area contributed by atoms with Gasteiger partial charge in [0.1, 0.15) is 18.5 Å². The second kappa shape index (κ2) is 8.20. The van der Waals surface area contributed by atoms with E-state index in [4.69, 9.17) is 4.74 Å². The normalized spacial score (nSPS) is 12.5. The maximum absolute atomic E-state index is 10.2. The maximum atomic E-state index is 10.2. The number of rotatable bonds is 8. The van der Waals surface area contributed by atoms with Gasteiger partial charge in [-0.15, -0.1) is 0 Å². The molecule has 0 saturated heterocycles. The second-order valence-electron chi connectivity index (χ2n) is 6.59. The number of aromatic nitrogens is 2. The molecule has 27 heavy (non-hydrogen) atoms. The molecule has 3 N–H and O–H groups in total. The van der Waals surface area contributed by atoms with Gasteiger partial charge in [-0.3, -0.25) is 4.98 Å². The number of pyridine rings is 1. The maximum Gasteiger partial charge on any atom is 0.143 e. The van der Waals surface area contributed by atoms with Crippen LogP contribution in [0, 0.1) is 0 Å². The third-order valence-electron chi connectivity index (χ3n) is 4.60. The van der Waals surface area contributed by atoms with Gasteiger partial charge in [0.15, 0.2) is 0 Å². The minimum absolute atomic E-state index is 0.241. The van der Waals surface area contributed by atoms with Gasteiger partial charge in [-0.1, -0.05) is 36.4 Å². The molecular weight excluding hydrogens is 338 g/mol. The summed E-state index contributed by atoms with van der Waals surface area (Å²) in [6.07, 6.45) is 2.05. The molecule has 0 spiro atoms. The topological polar surface area (TPSA) is 70.2 Å². The Morgan fingerprint density at radius 2 is 1.85 bits per heavy atom. The SMILES string of the molecule is OC(CNCCc1ccccn1)COc1cccc2c1[nH]c1ccccc12. The average Bonchev–Trinajstić information content (AvgIpc) is 3.10. The molecule has 1 atom stereocenters. The molecule has 0 amide bonds. The van der Waals surface area contributed by atoms with Gasteiger partial charge in [0.25, 0.3) is 0 Å². The van der Waals surface area contributed by atoms with Crippen LogP contribution in [0.5, 0.6) is 5.75 Å². The Hall–Kier alpha value is -2.89. The van der Waals surface area contributed by atoms with E-state index < -0.39 is 6.10 Å². The first-order chi connectivity index (χ1) is 13.3. The Kier molecular flexibility index (Phi) is 5.32. The summed E-state index contributed by atoms with van der Waals surface area (Å²) in [6, 6.07) is 20.1. The van der Waals surface area contributed by atoms with Gasteiger partial charge >= 0.3 is 0 Å². The van der Waals surface area contributed by atoms with Crippen molar-refractivity contribution in [1.29, 1.82) is 0 Å². The van der Waals surface area contributed by atoms with E-state index in [9.17, 15) is 5.11 Å². The number of ether oxygens (including phenoxy) is 1. The van der Waals surface area contributed by atoms with Gasteiger partial charge in [-0.25, -0.2) is 0 Å². The predicted molar refractivity (Wildman–Crippen MR) is 108 cm³/mol. The van der Waals surface area contributed by atoms with Crippen LogP contribution in [0.1, 0.15) is 5.69 Å². The summed E-state index contributed by atoms with van der Waals surface area (Å²) >= 11 is 0. The molecular formula is C22H23N3O2. The molecule has 0 aliphatic carbocycles. The highest BCUT2D eigenvalue weighted by molar-refractivity contribution is 6.09. The lowest BCUT2D eigenvalue weighted by atomic mass is 10.1. The smallest absolute Gasteiger partial charge is 0.143 e. The van der Waals surface area contributed by atoms with Gasteiger partial charge in [0, 0.05) is 47.7 Å². The largest absolute Gasteiger partial charge is 0.489 e. The lowest BCUT2D eigenvalue weighted by molar-refractivity contribution is 0.107. The molecule has 0 saturated carbocycles. The quantitative estimate of drug-likeness (QED) is 0.421. The van der Waals surface area contributed by atoms with Crippen molar-refractivity contribution in [2.75, 3.05) is 19.7 Å². The van der Waals surface area contributed by atoms with Crippen LogP contribution >= 0.6 is 0 Å². The third kappa shape index (κ3) is 4.10. The fourth-order valence-electron chi connectivity index (χ4n) is 3.24. The summed E-state index contributed by atoms with van der Waals surface area (Å²) in [5.41, 5.74) is 3.09. The number of fused-ring (bicyclic) bond motifs is 3. The first-order valence-electron chi connectivity index (χ1n) is 9.22. The number of hydrogen-bond acceptors (Lipinski definition) is 4. The molecule has 0 radical (unpaired) electrons. The summed E-state index contributed by atoms with van der Waals surface area (Å²) in [4.78, 5) is 7.70. The van der Waals surface area contributed by atoms with Crippen molar-refractivity contribution >= 4 is 21.8 Å². The second-order valence-corrected chi connectivity index (χ2v) is 6.59. The highest BCUT2D eigenvalue weighted by atomic mass is 16.5. The van der Waals surface area contributed by atoms with Crippen LogP contribution in [0.2, 0.25) is 0 Å². The lowest BCUT2D eigenvalue weighted by Crippen LogP contribution is -2.32. The number of benzene rings is 2. The van der Waals surface area contributed by atoms with Gasteiger partial charge in [-0.05, 0) is 24.3 Å². The summed E-state index contributed by atoms with van der Waals surface area (Å²) < 4.78 is 5.89. The number of aliphatic hydroxyl groups is 1. The Morgan fingerprint density at radius 1 is 1.00 bits per heavy atom. The number of hydrogen-bond donors (Lipinski definition) is 3. The van der Waals surface area contributed by atoms with Crippen LogP contribution in [-0.2, 0) is 6.42 Å². The van der Waals surface area contributed by atoms with Crippen molar-refractivity contribution in [3.63, 3.8) is 0 Å². The Bertz CT molecular complexity index is 1010. The highest BCUT2D eigenvalue weighted by Crippen LogP contribution is 2.31. The van der Waals surface area contributed by atoms with Crippen molar-refractivity contribution in [2.24, 2.45) is 0 Å². The molecule has 5 heteroatoms. The van der Waals surface area contributed by atoms with Crippen LogP contribution < -0.4 is 10.1 Å². The van der Waals surface area contributed by atoms with Gasteiger partial charge in [0.2, 0.25) is 0 Å². The van der Waals surface area contributed by atoms with Crippen LogP contribution in [0.15, 0.2) is 66.9 Å². The van der Waals surface area contributed by atoms with Crippen LogP contribution in [0.25, 0.3) is 21.8 Å². The molecule has 4 rings (SSSR count). The number of nitrogens with zero attached hydrogens (tertiary/aromatic N) is 1. The highest BCUT2D eigenvalue weighted by Gasteiger charge is 2.10. The van der Waals surface area contributed by atoms with Crippen LogP contribution in [-0.4, -0.2) is 40.9 Å². The van der Waals surface area contributed by atoms with Crippen molar-refractivity contribution in [3.8, 4) is 5.75 Å². The molecule has 2 heterocycles. The first kappa shape index (κ1) is 17.5. The minimum atomic E-state index is -0.576. The van der Waals surface area contributed by atoms with Crippen LogP contribution in [0.3, 0.4) is 0 Å². The molecule has 0 aliphatic heterocycles. The van der Waals surface area contributed by atoms with E-state index in [-0.39, 0.29) is 6.61 Å². The average molecular weight is 361 g/mol. The van der Waals surface area contributed by atoms with E-state index in [2.05, 4.69) is 33.5 Å². The number of aromatic amines is 1. The minimum Gasteiger partial charge on any atom is -0.489 e. The fraction of sp³-hybridized carbons (Fsp3) is 0.227. The van der Waals surface area contributed by atoms with E-state index in [0.29, 0.717) is 6.54 Å². The Balaban J connectivity index is 1.32. The zero-order valence-electron chi connectivity index (χ0n) is 15.1. The van der Waals surface area contributed by atoms with Crippen LogP contribution in [0.4, 0.5) is 0 Å². The Morgan fingerprint density at radius 3 is 2.74 bits per heavy atom. The summed E-state index contributed by atoms with van der Waals surface area (Å²) in [5, 5.41) is 15.8. The molecule has 4 aromatic rings. The summed E-state index contributed by atoms with van der Waals surface area (Å²) in [5.74, 6) is 0.760. The zero-order chi connectivity index (χ0) is 18.5. The molecule has 2 aromatic heterocycles. The number of nitrogens with one attached hydrogen (secondary N) is 2. The lowest BCUT2D eigenvalue weighted by Gasteiger charge is -2.13. The van der Waals surface area contributed by atoms with E-state index in [1.807, 2.05) is 42.5 Å². The van der Waals surface area contributed by atoms with Gasteiger partial charge in [-0.2, -0.15) is 0 Å². The Labute approximate surface area is 158 Å². The standard InChI is InChI=1S/C22H23N3O2/c26-17(14-23-13-11-16-6-3-4-12-24-16)15-27-21-10-5-8-19-18-7-1-2-9-20(18)25-22(19)21/h1-10,12,17,23,25-26H,11,13-15H2. The molecule has 2 aromatic carbocycles. The molecule has 1 unspecified atom stereocenters. The van der Waals surface area contributed by atoms with E-state index in [1.165, 1.54) is 5.39 Å². The molecule has 0 bridgehead atoms. The monoisotopic (exact) mass is 361 g/mol. The fourth-order valence-corrected chi connectivity index (χ4v) is 3.24. The number of para-hydroxylation sites is 2. The molecule has 0 aliphatic rings. The van der Waals surface area contributed by atoms with Gasteiger partial charge < -0.3 is 20.1 Å². The molecule has 0 fully saturated rings. The van der Waals surface area contributed by atoms with E-state index in [1.54, 1.807) is 6.20 Å². The summed E-state index contributed by atoms with van der Waals surface area (Å²) in [7, 11) is 0. The number of H-pyrrole nitrogens is 1. The van der Waals surface area contributed by atoms with E-state index >= 15 is 0 Å². The van der Waals surface area contributed by atoms with Crippen molar-refractivity contribution < 1.29 is 9.84 Å². The molecule has 5 nitrogen and oxygen atoms in total.